The molecule has 3 aromatic rings. The Morgan fingerprint density at radius 3 is 2.77 bits per heavy atom. The fourth-order valence-electron chi connectivity index (χ4n) is 3.87. The zero-order valence-electron chi connectivity index (χ0n) is 17.4. The quantitative estimate of drug-likeness (QED) is 0.587. The van der Waals surface area contributed by atoms with E-state index < -0.39 is 0 Å². The Labute approximate surface area is 177 Å². The maximum absolute atomic E-state index is 13.6. The van der Waals surface area contributed by atoms with Gasteiger partial charge in [-0.3, -0.25) is 9.78 Å². The van der Waals surface area contributed by atoms with Crippen molar-refractivity contribution in [1.82, 2.24) is 19.7 Å². The van der Waals surface area contributed by atoms with Crippen molar-refractivity contribution in [1.29, 1.82) is 0 Å². The normalized spacial score (nSPS) is 16.4. The minimum Gasteiger partial charge on any atom is -0.376 e. The molecule has 0 bridgehead atoms. The molecule has 0 spiro atoms. The highest BCUT2D eigenvalue weighted by molar-refractivity contribution is 6.00. The number of benzene rings is 1. The standard InChI is InChI=1S/C24H28N4O2/c1-2-14-27(17-21-12-6-7-15-30-21)24(29)22-18-28(20-10-4-3-5-11-20)26-23(22)19-9-8-13-25-16-19/h3-5,8-11,13,16,18,21H,2,6-7,12,14-15,17H2,1H3. The number of carbonyl (C=O) groups excluding carboxylic acids is 1. The number of pyridine rings is 1. The van der Waals surface area contributed by atoms with E-state index in [1.54, 1.807) is 17.1 Å². The van der Waals surface area contributed by atoms with Crippen molar-refractivity contribution in [2.75, 3.05) is 19.7 Å². The van der Waals surface area contributed by atoms with Gasteiger partial charge in [0.15, 0.2) is 0 Å². The van der Waals surface area contributed by atoms with Gasteiger partial charge in [-0.2, -0.15) is 5.10 Å². The van der Waals surface area contributed by atoms with Crippen LogP contribution in [0.5, 0.6) is 0 Å². The van der Waals surface area contributed by atoms with Crippen LogP contribution in [-0.4, -0.2) is 51.4 Å². The van der Waals surface area contributed by atoms with Gasteiger partial charge in [-0.25, -0.2) is 4.68 Å². The van der Waals surface area contributed by atoms with E-state index in [0.717, 1.165) is 43.5 Å². The maximum Gasteiger partial charge on any atom is 0.257 e. The number of para-hydroxylation sites is 1. The van der Waals surface area contributed by atoms with Crippen LogP contribution in [0.15, 0.2) is 61.1 Å². The number of amides is 1. The molecule has 6 nitrogen and oxygen atoms in total. The molecule has 1 aromatic carbocycles. The molecule has 0 radical (unpaired) electrons. The van der Waals surface area contributed by atoms with E-state index in [-0.39, 0.29) is 12.0 Å². The summed E-state index contributed by atoms with van der Waals surface area (Å²) in [5.74, 6) is -0.00735. The van der Waals surface area contributed by atoms with E-state index in [2.05, 4.69) is 11.9 Å². The van der Waals surface area contributed by atoms with Crippen molar-refractivity contribution in [3.63, 3.8) is 0 Å². The first kappa shape index (κ1) is 20.3. The third kappa shape index (κ3) is 4.60. The molecule has 1 unspecified atom stereocenters. The van der Waals surface area contributed by atoms with Gasteiger partial charge in [-0.05, 0) is 49.9 Å². The number of aromatic nitrogens is 3. The van der Waals surface area contributed by atoms with Crippen molar-refractivity contribution < 1.29 is 9.53 Å². The first-order valence-electron chi connectivity index (χ1n) is 10.7. The Bertz CT molecular complexity index is 950. The predicted molar refractivity (Wildman–Crippen MR) is 117 cm³/mol. The number of ether oxygens (including phenoxy) is 1. The molecular weight excluding hydrogens is 376 g/mol. The lowest BCUT2D eigenvalue weighted by molar-refractivity contribution is -0.00382. The maximum atomic E-state index is 13.6. The molecule has 1 amide bonds. The highest BCUT2D eigenvalue weighted by Crippen LogP contribution is 2.25. The summed E-state index contributed by atoms with van der Waals surface area (Å²) in [6.07, 6.45) is 9.59. The Morgan fingerprint density at radius 2 is 2.07 bits per heavy atom. The van der Waals surface area contributed by atoms with Gasteiger partial charge < -0.3 is 9.64 Å². The van der Waals surface area contributed by atoms with Crippen molar-refractivity contribution >= 4 is 5.91 Å². The van der Waals surface area contributed by atoms with Gasteiger partial charge >= 0.3 is 0 Å². The van der Waals surface area contributed by atoms with Gasteiger partial charge in [-0.1, -0.05) is 25.1 Å². The first-order valence-corrected chi connectivity index (χ1v) is 10.7. The number of nitrogens with zero attached hydrogens (tertiary/aromatic N) is 4. The van der Waals surface area contributed by atoms with Crippen molar-refractivity contribution in [2.45, 2.75) is 38.7 Å². The Morgan fingerprint density at radius 1 is 1.20 bits per heavy atom. The van der Waals surface area contributed by atoms with E-state index in [0.29, 0.717) is 24.3 Å². The molecule has 0 N–H and O–H groups in total. The average molecular weight is 405 g/mol. The predicted octanol–water partition coefficient (Wildman–Crippen LogP) is 4.36. The van der Waals surface area contributed by atoms with E-state index in [9.17, 15) is 4.79 Å². The van der Waals surface area contributed by atoms with Crippen LogP contribution < -0.4 is 0 Å². The van der Waals surface area contributed by atoms with E-state index in [1.807, 2.05) is 53.6 Å². The van der Waals surface area contributed by atoms with Gasteiger partial charge in [0.1, 0.15) is 5.69 Å². The first-order chi connectivity index (χ1) is 14.8. The molecule has 1 fully saturated rings. The summed E-state index contributed by atoms with van der Waals surface area (Å²) in [7, 11) is 0. The van der Waals surface area contributed by atoms with Gasteiger partial charge in [0.05, 0.1) is 17.4 Å². The molecular formula is C24H28N4O2. The molecule has 2 aromatic heterocycles. The Hall–Kier alpha value is -2.99. The molecule has 6 heteroatoms. The van der Waals surface area contributed by atoms with E-state index in [4.69, 9.17) is 9.84 Å². The summed E-state index contributed by atoms with van der Waals surface area (Å²) in [5, 5.41) is 4.76. The lowest BCUT2D eigenvalue weighted by atomic mass is 10.1. The molecule has 4 rings (SSSR count). The van der Waals surface area contributed by atoms with Crippen LogP contribution in [0.1, 0.15) is 43.0 Å². The van der Waals surface area contributed by atoms with Gasteiger partial charge in [0.25, 0.3) is 5.91 Å². The summed E-state index contributed by atoms with van der Waals surface area (Å²) < 4.78 is 7.68. The zero-order chi connectivity index (χ0) is 20.8. The average Bonchev–Trinajstić information content (AvgIpc) is 3.26. The van der Waals surface area contributed by atoms with Crippen LogP contribution in [0.2, 0.25) is 0 Å². The third-order valence-corrected chi connectivity index (χ3v) is 5.38. The molecule has 1 saturated heterocycles. The van der Waals surface area contributed by atoms with Gasteiger partial charge in [0, 0.05) is 43.9 Å². The lowest BCUT2D eigenvalue weighted by Gasteiger charge is -2.29. The molecule has 30 heavy (non-hydrogen) atoms. The second-order valence-electron chi connectivity index (χ2n) is 7.65. The molecule has 3 heterocycles. The van der Waals surface area contributed by atoms with Crippen molar-refractivity contribution in [3.05, 3.63) is 66.6 Å². The molecule has 1 aliphatic rings. The molecule has 156 valence electrons. The fourth-order valence-corrected chi connectivity index (χ4v) is 3.87. The second-order valence-corrected chi connectivity index (χ2v) is 7.65. The van der Waals surface area contributed by atoms with E-state index in [1.165, 1.54) is 0 Å². The van der Waals surface area contributed by atoms with Crippen LogP contribution in [0.3, 0.4) is 0 Å². The van der Waals surface area contributed by atoms with Crippen LogP contribution >= 0.6 is 0 Å². The monoisotopic (exact) mass is 404 g/mol. The zero-order valence-corrected chi connectivity index (χ0v) is 17.4. The number of rotatable bonds is 7. The largest absolute Gasteiger partial charge is 0.376 e. The van der Waals surface area contributed by atoms with Crippen molar-refractivity contribution in [2.24, 2.45) is 0 Å². The SMILES string of the molecule is CCCN(CC1CCCCO1)C(=O)c1cn(-c2ccccc2)nc1-c1cccnc1. The molecule has 1 aliphatic heterocycles. The van der Waals surface area contributed by atoms with Crippen LogP contribution in [0.4, 0.5) is 0 Å². The van der Waals surface area contributed by atoms with Gasteiger partial charge in [0.2, 0.25) is 0 Å². The number of carbonyl (C=O) groups is 1. The van der Waals surface area contributed by atoms with Crippen molar-refractivity contribution in [3.8, 4) is 16.9 Å². The molecule has 0 aliphatic carbocycles. The van der Waals surface area contributed by atoms with Crippen LogP contribution in [0.25, 0.3) is 16.9 Å². The number of hydrogen-bond donors (Lipinski definition) is 0. The third-order valence-electron chi connectivity index (χ3n) is 5.38. The molecule has 1 atom stereocenters. The lowest BCUT2D eigenvalue weighted by Crippen LogP contribution is -2.40. The summed E-state index contributed by atoms with van der Waals surface area (Å²) in [6.45, 7) is 4.19. The second kappa shape index (κ2) is 9.67. The summed E-state index contributed by atoms with van der Waals surface area (Å²) in [5.41, 5.74) is 3.00. The van der Waals surface area contributed by atoms with Crippen LogP contribution in [0, 0.1) is 0 Å². The van der Waals surface area contributed by atoms with E-state index >= 15 is 0 Å². The smallest absolute Gasteiger partial charge is 0.257 e. The van der Waals surface area contributed by atoms with Gasteiger partial charge in [-0.15, -0.1) is 0 Å². The topological polar surface area (TPSA) is 60.2 Å². The van der Waals surface area contributed by atoms with Crippen LogP contribution in [-0.2, 0) is 4.74 Å². The minimum absolute atomic E-state index is 0.00735. The summed E-state index contributed by atoms with van der Waals surface area (Å²) in [6, 6.07) is 13.7. The summed E-state index contributed by atoms with van der Waals surface area (Å²) in [4.78, 5) is 19.8. The Balaban J connectivity index is 1.69. The fraction of sp³-hybridized carbons (Fsp3) is 0.375. The minimum atomic E-state index is -0.00735. The summed E-state index contributed by atoms with van der Waals surface area (Å²) >= 11 is 0. The number of hydrogen-bond acceptors (Lipinski definition) is 4. The molecule has 0 saturated carbocycles. The highest BCUT2D eigenvalue weighted by Gasteiger charge is 2.26. The highest BCUT2D eigenvalue weighted by atomic mass is 16.5. The Kier molecular flexibility index (Phi) is 6.54.